The van der Waals surface area contributed by atoms with E-state index in [-0.39, 0.29) is 6.04 Å². The molecule has 0 amide bonds. The molecule has 112 valence electrons. The van der Waals surface area contributed by atoms with E-state index in [4.69, 9.17) is 11.6 Å². The summed E-state index contributed by atoms with van der Waals surface area (Å²) in [4.78, 5) is 10.6. The summed E-state index contributed by atoms with van der Waals surface area (Å²) in [5.74, 6) is 0.665. The van der Waals surface area contributed by atoms with Crippen molar-refractivity contribution in [1.29, 1.82) is 0 Å². The van der Waals surface area contributed by atoms with Crippen LogP contribution in [0, 0.1) is 0 Å². The number of sulfonamides is 1. The van der Waals surface area contributed by atoms with Crippen molar-refractivity contribution >= 4 is 27.6 Å². The highest BCUT2D eigenvalue weighted by molar-refractivity contribution is 7.88. The molecule has 0 bridgehead atoms. The van der Waals surface area contributed by atoms with E-state index >= 15 is 0 Å². The Morgan fingerprint density at radius 2 is 2.10 bits per heavy atom. The molecule has 2 heterocycles. The van der Waals surface area contributed by atoms with E-state index in [1.165, 1.54) is 6.26 Å². The van der Waals surface area contributed by atoms with E-state index in [1.54, 1.807) is 12.4 Å². The molecule has 1 aromatic heterocycles. The Morgan fingerprint density at radius 3 is 2.75 bits per heavy atom. The summed E-state index contributed by atoms with van der Waals surface area (Å²) in [6.45, 7) is 1.33. The first kappa shape index (κ1) is 15.5. The Hall–Kier alpha value is -0.920. The molecule has 1 aromatic rings. The normalized spacial score (nSPS) is 20.1. The minimum atomic E-state index is -3.13. The molecule has 8 heteroatoms. The van der Waals surface area contributed by atoms with Crippen LogP contribution in [0.1, 0.15) is 25.7 Å². The van der Waals surface area contributed by atoms with Gasteiger partial charge in [0.25, 0.3) is 0 Å². The van der Waals surface area contributed by atoms with Crippen molar-refractivity contribution in [2.24, 2.45) is 0 Å². The highest BCUT2D eigenvalue weighted by Gasteiger charge is 2.24. The largest absolute Gasteiger partial charge is 0.338 e. The van der Waals surface area contributed by atoms with Crippen molar-refractivity contribution in [3.63, 3.8) is 0 Å². The molecule has 2 rings (SSSR count). The van der Waals surface area contributed by atoms with Gasteiger partial charge >= 0.3 is 0 Å². The van der Waals surface area contributed by atoms with E-state index in [9.17, 15) is 8.42 Å². The predicted octanol–water partition coefficient (Wildman–Crippen LogP) is 1.43. The number of nitrogens with zero attached hydrogens (tertiary/aromatic N) is 3. The fraction of sp³-hybridized carbons (Fsp3) is 0.667. The van der Waals surface area contributed by atoms with Crippen molar-refractivity contribution in [1.82, 2.24) is 14.7 Å². The smallest absolute Gasteiger partial charge is 0.225 e. The van der Waals surface area contributed by atoms with Crippen LogP contribution in [0.5, 0.6) is 0 Å². The Morgan fingerprint density at radius 1 is 1.40 bits per heavy atom. The van der Waals surface area contributed by atoms with Crippen molar-refractivity contribution in [2.45, 2.75) is 31.7 Å². The molecular weight excluding hydrogens is 300 g/mol. The second-order valence-corrected chi connectivity index (χ2v) is 7.27. The van der Waals surface area contributed by atoms with E-state index in [2.05, 4.69) is 19.6 Å². The highest BCUT2D eigenvalue weighted by atomic mass is 35.5. The lowest BCUT2D eigenvalue weighted by Crippen LogP contribution is -2.42. The highest BCUT2D eigenvalue weighted by Crippen LogP contribution is 2.23. The zero-order valence-electron chi connectivity index (χ0n) is 11.4. The molecule has 1 aliphatic rings. The van der Waals surface area contributed by atoms with Crippen LogP contribution in [-0.2, 0) is 10.0 Å². The number of halogens is 1. The first-order valence-electron chi connectivity index (χ1n) is 6.64. The van der Waals surface area contributed by atoms with Crippen molar-refractivity contribution < 1.29 is 8.42 Å². The fourth-order valence-electron chi connectivity index (χ4n) is 2.43. The minimum Gasteiger partial charge on any atom is -0.338 e. The molecule has 1 saturated heterocycles. The van der Waals surface area contributed by atoms with Gasteiger partial charge in [-0.3, -0.25) is 0 Å². The number of rotatable bonds is 5. The fourth-order valence-corrected chi connectivity index (χ4v) is 3.01. The zero-order chi connectivity index (χ0) is 14.6. The van der Waals surface area contributed by atoms with Crippen LogP contribution >= 0.6 is 11.6 Å². The average molecular weight is 319 g/mol. The molecule has 20 heavy (non-hydrogen) atoms. The Labute approximate surface area is 124 Å². The van der Waals surface area contributed by atoms with Gasteiger partial charge < -0.3 is 4.90 Å². The molecule has 1 unspecified atom stereocenters. The maximum atomic E-state index is 11.1. The van der Waals surface area contributed by atoms with E-state index in [0.717, 1.165) is 32.2 Å². The van der Waals surface area contributed by atoms with Crippen LogP contribution in [0.15, 0.2) is 12.4 Å². The molecule has 0 spiro atoms. The van der Waals surface area contributed by atoms with Crippen LogP contribution in [0.2, 0.25) is 5.02 Å². The third kappa shape index (κ3) is 4.57. The van der Waals surface area contributed by atoms with Crippen LogP contribution in [0.3, 0.4) is 0 Å². The molecule has 1 atom stereocenters. The monoisotopic (exact) mass is 318 g/mol. The summed E-state index contributed by atoms with van der Waals surface area (Å²) in [7, 11) is -3.13. The molecule has 1 N–H and O–H groups in total. The summed E-state index contributed by atoms with van der Waals surface area (Å²) in [5.41, 5.74) is 0. The summed E-state index contributed by atoms with van der Waals surface area (Å²) in [6.07, 6.45) is 8.37. The van der Waals surface area contributed by atoms with Gasteiger partial charge in [0, 0.05) is 19.1 Å². The van der Waals surface area contributed by atoms with Crippen molar-refractivity contribution in [3.8, 4) is 0 Å². The van der Waals surface area contributed by atoms with Gasteiger partial charge in [-0.1, -0.05) is 11.6 Å². The van der Waals surface area contributed by atoms with E-state index in [1.807, 2.05) is 0 Å². The third-order valence-electron chi connectivity index (χ3n) is 3.33. The minimum absolute atomic E-state index is 0.263. The first-order valence-corrected chi connectivity index (χ1v) is 8.91. The van der Waals surface area contributed by atoms with E-state index in [0.29, 0.717) is 17.5 Å². The summed E-state index contributed by atoms with van der Waals surface area (Å²) in [6, 6.07) is 0.263. The topological polar surface area (TPSA) is 75.2 Å². The van der Waals surface area contributed by atoms with Gasteiger partial charge in [-0.2, -0.15) is 0 Å². The molecule has 0 aromatic carbocycles. The lowest BCUT2D eigenvalue weighted by atomic mass is 10.00. The summed E-state index contributed by atoms with van der Waals surface area (Å²) < 4.78 is 24.7. The standard InChI is InChI=1S/C12H19ClN4O2S/c1-20(18,19)16-6-5-11-4-2-3-7-17(11)12-14-8-10(13)9-15-12/h8-9,11,16H,2-7H2,1H3. The number of hydrogen-bond donors (Lipinski definition) is 1. The summed E-state index contributed by atoms with van der Waals surface area (Å²) in [5, 5.41) is 0.515. The Bertz CT molecular complexity index is 535. The van der Waals surface area contributed by atoms with E-state index < -0.39 is 10.0 Å². The quantitative estimate of drug-likeness (QED) is 0.889. The van der Waals surface area contributed by atoms with Gasteiger partial charge in [0.15, 0.2) is 0 Å². The molecule has 0 aliphatic carbocycles. The maximum absolute atomic E-state index is 11.1. The zero-order valence-corrected chi connectivity index (χ0v) is 13.0. The van der Waals surface area contributed by atoms with Gasteiger partial charge in [-0.15, -0.1) is 0 Å². The molecule has 0 saturated carbocycles. The molecule has 0 radical (unpaired) electrons. The Balaban J connectivity index is 2.00. The Kier molecular flexibility index (Phi) is 5.17. The van der Waals surface area contributed by atoms with Gasteiger partial charge in [0.05, 0.1) is 23.7 Å². The number of nitrogens with one attached hydrogen (secondary N) is 1. The number of piperidine rings is 1. The van der Waals surface area contributed by atoms with Crippen LogP contribution in [-0.4, -0.2) is 43.8 Å². The van der Waals surface area contributed by atoms with Crippen LogP contribution < -0.4 is 9.62 Å². The lowest BCUT2D eigenvalue weighted by Gasteiger charge is -2.35. The second kappa shape index (κ2) is 6.69. The second-order valence-electron chi connectivity index (χ2n) is 5.00. The molecule has 6 nitrogen and oxygen atoms in total. The first-order chi connectivity index (χ1) is 9.46. The number of hydrogen-bond acceptors (Lipinski definition) is 5. The average Bonchev–Trinajstić information content (AvgIpc) is 2.39. The molecule has 1 fully saturated rings. The van der Waals surface area contributed by atoms with Crippen LogP contribution in [0.25, 0.3) is 0 Å². The predicted molar refractivity (Wildman–Crippen MR) is 79.5 cm³/mol. The lowest BCUT2D eigenvalue weighted by molar-refractivity contribution is 0.430. The van der Waals surface area contributed by atoms with Gasteiger partial charge in [-0.05, 0) is 25.7 Å². The SMILES string of the molecule is CS(=O)(=O)NCCC1CCCCN1c1ncc(Cl)cn1. The molecular formula is C12H19ClN4O2S. The number of anilines is 1. The van der Waals surface area contributed by atoms with Crippen molar-refractivity contribution in [3.05, 3.63) is 17.4 Å². The maximum Gasteiger partial charge on any atom is 0.225 e. The summed E-state index contributed by atoms with van der Waals surface area (Å²) >= 11 is 5.80. The van der Waals surface area contributed by atoms with Gasteiger partial charge in [0.2, 0.25) is 16.0 Å². The van der Waals surface area contributed by atoms with Crippen molar-refractivity contribution in [2.75, 3.05) is 24.2 Å². The third-order valence-corrected chi connectivity index (χ3v) is 4.26. The van der Waals surface area contributed by atoms with Gasteiger partial charge in [-0.25, -0.2) is 23.1 Å². The van der Waals surface area contributed by atoms with Gasteiger partial charge in [0.1, 0.15) is 0 Å². The number of aromatic nitrogens is 2. The molecule has 1 aliphatic heterocycles. The van der Waals surface area contributed by atoms with Crippen LogP contribution in [0.4, 0.5) is 5.95 Å².